The molecule has 2 aliphatic rings. The van der Waals surface area contributed by atoms with Gasteiger partial charge in [0.15, 0.2) is 5.82 Å². The van der Waals surface area contributed by atoms with Crippen molar-refractivity contribution in [2.24, 2.45) is 17.3 Å². The van der Waals surface area contributed by atoms with E-state index in [9.17, 15) is 14.7 Å². The standard InChI is InChI=1S/C18H21N3O4S/c1-8-19-15(25-21-8)11-9-6-4-5-7-10(9)26-16(11)20-14(22)12-13(17(23)24)18(12,2)3/h12-13H,4-7H2,1-3H3,(H,20,22)(H,23,24)/t12-,13+/m0/s1. The fourth-order valence-corrected chi connectivity index (χ4v) is 5.34. The number of aryl methyl sites for hydroxylation is 2. The van der Waals surface area contributed by atoms with Gasteiger partial charge >= 0.3 is 5.97 Å². The third kappa shape index (κ3) is 2.63. The Kier molecular flexibility index (Phi) is 3.91. The Morgan fingerprint density at radius 2 is 2.00 bits per heavy atom. The number of thiophene rings is 1. The van der Waals surface area contributed by atoms with Crippen molar-refractivity contribution in [3.8, 4) is 11.5 Å². The molecule has 8 heteroatoms. The molecule has 7 nitrogen and oxygen atoms in total. The second-order valence-electron chi connectivity index (χ2n) is 7.67. The number of aliphatic carboxylic acids is 1. The number of aromatic nitrogens is 2. The number of fused-ring (bicyclic) bond motifs is 1. The number of carbonyl (C=O) groups excluding carboxylic acids is 1. The quantitative estimate of drug-likeness (QED) is 0.849. The average molecular weight is 375 g/mol. The maximum Gasteiger partial charge on any atom is 0.307 e. The molecular formula is C18H21N3O4S. The number of nitrogens with zero attached hydrogens (tertiary/aromatic N) is 2. The molecule has 0 spiro atoms. The molecule has 4 rings (SSSR count). The largest absolute Gasteiger partial charge is 0.481 e. The van der Waals surface area contributed by atoms with E-state index in [0.717, 1.165) is 31.2 Å². The Bertz CT molecular complexity index is 898. The van der Waals surface area contributed by atoms with Gasteiger partial charge in [-0.1, -0.05) is 19.0 Å². The molecule has 0 radical (unpaired) electrons. The summed E-state index contributed by atoms with van der Waals surface area (Å²) in [4.78, 5) is 29.7. The molecule has 0 aliphatic heterocycles. The van der Waals surface area contributed by atoms with Gasteiger partial charge in [0, 0.05) is 4.88 Å². The van der Waals surface area contributed by atoms with Crippen LogP contribution in [-0.4, -0.2) is 27.1 Å². The number of rotatable bonds is 4. The molecule has 0 aromatic carbocycles. The van der Waals surface area contributed by atoms with E-state index < -0.39 is 23.2 Å². The predicted octanol–water partition coefficient (Wildman–Crippen LogP) is 3.28. The van der Waals surface area contributed by atoms with Crippen LogP contribution >= 0.6 is 11.3 Å². The van der Waals surface area contributed by atoms with Gasteiger partial charge in [-0.3, -0.25) is 9.59 Å². The zero-order chi connectivity index (χ0) is 18.6. The molecule has 1 saturated carbocycles. The van der Waals surface area contributed by atoms with Gasteiger partial charge in [-0.15, -0.1) is 11.3 Å². The molecule has 2 atom stereocenters. The zero-order valence-corrected chi connectivity index (χ0v) is 15.8. The number of carboxylic acid groups (broad SMARTS) is 1. The molecule has 1 amide bonds. The van der Waals surface area contributed by atoms with Crippen LogP contribution in [0.5, 0.6) is 0 Å². The average Bonchev–Trinajstić information content (AvgIpc) is 2.86. The predicted molar refractivity (Wildman–Crippen MR) is 96.0 cm³/mol. The number of amides is 1. The van der Waals surface area contributed by atoms with Gasteiger partial charge in [-0.05, 0) is 43.6 Å². The minimum atomic E-state index is -0.923. The molecular weight excluding hydrogens is 354 g/mol. The summed E-state index contributed by atoms with van der Waals surface area (Å²) in [5, 5.41) is 16.9. The molecule has 0 saturated heterocycles. The van der Waals surface area contributed by atoms with Crippen molar-refractivity contribution < 1.29 is 19.2 Å². The van der Waals surface area contributed by atoms with Gasteiger partial charge in [0.1, 0.15) is 5.00 Å². The van der Waals surface area contributed by atoms with E-state index in [1.54, 1.807) is 18.3 Å². The molecule has 0 unspecified atom stereocenters. The fraction of sp³-hybridized carbons (Fsp3) is 0.556. The van der Waals surface area contributed by atoms with Crippen LogP contribution in [-0.2, 0) is 22.4 Å². The smallest absolute Gasteiger partial charge is 0.307 e. The van der Waals surface area contributed by atoms with Gasteiger partial charge < -0.3 is 14.9 Å². The summed E-state index contributed by atoms with van der Waals surface area (Å²) >= 11 is 1.54. The molecule has 26 heavy (non-hydrogen) atoms. The lowest BCUT2D eigenvalue weighted by atomic mass is 9.95. The zero-order valence-electron chi connectivity index (χ0n) is 15.0. The summed E-state index contributed by atoms with van der Waals surface area (Å²) in [6.07, 6.45) is 4.11. The maximum absolute atomic E-state index is 12.8. The summed E-state index contributed by atoms with van der Waals surface area (Å²) in [5.74, 6) is -1.39. The summed E-state index contributed by atoms with van der Waals surface area (Å²) < 4.78 is 5.37. The van der Waals surface area contributed by atoms with Crippen LogP contribution < -0.4 is 5.32 Å². The minimum absolute atomic E-state index is 0.251. The highest BCUT2D eigenvalue weighted by Gasteiger charge is 2.66. The molecule has 2 aromatic heterocycles. The van der Waals surface area contributed by atoms with Crippen LogP contribution in [0.15, 0.2) is 4.52 Å². The number of hydrogen-bond acceptors (Lipinski definition) is 6. The van der Waals surface area contributed by atoms with Crippen LogP contribution in [0.3, 0.4) is 0 Å². The summed E-state index contributed by atoms with van der Waals surface area (Å²) in [6.45, 7) is 5.39. The second kappa shape index (κ2) is 5.90. The van der Waals surface area contributed by atoms with Crippen LogP contribution in [0.4, 0.5) is 5.00 Å². The molecule has 2 N–H and O–H groups in total. The van der Waals surface area contributed by atoms with Gasteiger partial charge in [-0.25, -0.2) is 0 Å². The van der Waals surface area contributed by atoms with Crippen LogP contribution in [0, 0.1) is 24.2 Å². The van der Waals surface area contributed by atoms with Crippen molar-refractivity contribution in [3.63, 3.8) is 0 Å². The van der Waals surface area contributed by atoms with Crippen molar-refractivity contribution in [1.82, 2.24) is 10.1 Å². The van der Waals surface area contributed by atoms with Crippen molar-refractivity contribution in [2.45, 2.75) is 46.5 Å². The van der Waals surface area contributed by atoms with Crippen LogP contribution in [0.2, 0.25) is 0 Å². The van der Waals surface area contributed by atoms with Gasteiger partial charge in [0.05, 0.1) is 17.4 Å². The van der Waals surface area contributed by atoms with E-state index in [0.29, 0.717) is 16.7 Å². The molecule has 2 heterocycles. The topological polar surface area (TPSA) is 105 Å². The van der Waals surface area contributed by atoms with Gasteiger partial charge in [-0.2, -0.15) is 4.98 Å². The van der Waals surface area contributed by atoms with Crippen LogP contribution in [0.1, 0.15) is 43.0 Å². The second-order valence-corrected chi connectivity index (χ2v) is 8.77. The highest BCUT2D eigenvalue weighted by molar-refractivity contribution is 7.17. The Morgan fingerprint density at radius 3 is 2.62 bits per heavy atom. The highest BCUT2D eigenvalue weighted by atomic mass is 32.1. The molecule has 1 fully saturated rings. The van der Waals surface area contributed by atoms with E-state index in [1.165, 1.54) is 10.4 Å². The summed E-state index contributed by atoms with van der Waals surface area (Å²) in [6, 6.07) is 0. The molecule has 0 bridgehead atoms. The lowest BCUT2D eigenvalue weighted by Gasteiger charge is -2.11. The number of carboxylic acids is 1. The third-order valence-corrected chi connectivity index (χ3v) is 6.73. The van der Waals surface area contributed by atoms with Crippen molar-refractivity contribution in [2.75, 3.05) is 5.32 Å². The summed E-state index contributed by atoms with van der Waals surface area (Å²) in [7, 11) is 0. The monoisotopic (exact) mass is 375 g/mol. The number of nitrogens with one attached hydrogen (secondary N) is 1. The van der Waals surface area contributed by atoms with Crippen molar-refractivity contribution in [3.05, 3.63) is 16.3 Å². The van der Waals surface area contributed by atoms with E-state index in [2.05, 4.69) is 15.5 Å². The number of anilines is 1. The van der Waals surface area contributed by atoms with Crippen molar-refractivity contribution in [1.29, 1.82) is 0 Å². The first kappa shape index (κ1) is 17.2. The Labute approximate surface area is 154 Å². The van der Waals surface area contributed by atoms with E-state index in [4.69, 9.17) is 4.52 Å². The Morgan fingerprint density at radius 1 is 1.27 bits per heavy atom. The Hall–Kier alpha value is -2.22. The third-order valence-electron chi connectivity index (χ3n) is 5.53. The van der Waals surface area contributed by atoms with E-state index in [-0.39, 0.29) is 5.91 Å². The minimum Gasteiger partial charge on any atom is -0.481 e. The Balaban J connectivity index is 1.68. The first-order valence-electron chi connectivity index (χ1n) is 8.79. The molecule has 2 aromatic rings. The molecule has 2 aliphatic carbocycles. The van der Waals surface area contributed by atoms with Crippen molar-refractivity contribution >= 4 is 28.2 Å². The van der Waals surface area contributed by atoms with E-state index >= 15 is 0 Å². The van der Waals surface area contributed by atoms with Crippen LogP contribution in [0.25, 0.3) is 11.5 Å². The fourth-order valence-electron chi connectivity index (χ4n) is 4.06. The van der Waals surface area contributed by atoms with Gasteiger partial charge in [0.25, 0.3) is 5.89 Å². The van der Waals surface area contributed by atoms with Gasteiger partial charge in [0.2, 0.25) is 5.91 Å². The lowest BCUT2D eigenvalue weighted by molar-refractivity contribution is -0.140. The summed E-state index contributed by atoms with van der Waals surface area (Å²) in [5.41, 5.74) is 1.45. The SMILES string of the molecule is Cc1noc(-c2c(NC(=O)[C@@H]3[C@H](C(=O)O)C3(C)C)sc3c2CCCC3)n1. The molecule has 138 valence electrons. The normalized spacial score (nSPS) is 23.3. The number of carbonyl (C=O) groups is 2. The van der Waals surface area contributed by atoms with E-state index in [1.807, 2.05) is 13.8 Å². The highest BCUT2D eigenvalue weighted by Crippen LogP contribution is 2.59. The first-order chi connectivity index (χ1) is 12.3. The first-order valence-corrected chi connectivity index (χ1v) is 9.61. The number of hydrogen-bond donors (Lipinski definition) is 2. The lowest BCUT2D eigenvalue weighted by Crippen LogP contribution is -2.17. The maximum atomic E-state index is 12.8.